The van der Waals surface area contributed by atoms with Gasteiger partial charge in [0.15, 0.2) is 11.6 Å². The second-order valence-electron chi connectivity index (χ2n) is 6.07. The maximum absolute atomic E-state index is 9.95. The molecule has 5 heteroatoms. The zero-order chi connectivity index (χ0) is 15.0. The Bertz CT molecular complexity index is 626. The van der Waals surface area contributed by atoms with E-state index < -0.39 is 6.10 Å². The summed E-state index contributed by atoms with van der Waals surface area (Å²) in [5.41, 5.74) is 0.977. The largest absolute Gasteiger partial charge is 0.466 e. The second kappa shape index (κ2) is 5.64. The molecule has 1 aliphatic carbocycles. The van der Waals surface area contributed by atoms with Gasteiger partial charge in [-0.25, -0.2) is 9.67 Å². The third kappa shape index (κ3) is 3.18. The summed E-state index contributed by atoms with van der Waals surface area (Å²) in [4.78, 5) is 4.70. The minimum Gasteiger partial charge on any atom is -0.466 e. The lowest BCUT2D eigenvalue weighted by atomic mass is 10.2. The molecule has 5 nitrogen and oxygen atoms in total. The summed E-state index contributed by atoms with van der Waals surface area (Å²) in [6, 6.07) is 2.00. The molecule has 2 heterocycles. The molecule has 0 spiro atoms. The van der Waals surface area contributed by atoms with Gasteiger partial charge in [0.05, 0.1) is 18.2 Å². The third-order valence-corrected chi connectivity index (χ3v) is 4.02. The highest BCUT2D eigenvalue weighted by molar-refractivity contribution is 5.58. The molecule has 0 unspecified atom stereocenters. The highest BCUT2D eigenvalue weighted by atomic mass is 16.3. The number of aliphatic hydroxyl groups is 1. The molecular weight excluding hydrogens is 266 g/mol. The SMILES string of the molecule is CC[C@@H](O)Cn1nc(CC2CC2)nc1-c1cc(C)oc1C. The van der Waals surface area contributed by atoms with Gasteiger partial charge in [0.1, 0.15) is 11.5 Å². The summed E-state index contributed by atoms with van der Waals surface area (Å²) < 4.78 is 7.45. The first-order valence-electron chi connectivity index (χ1n) is 7.76. The fourth-order valence-corrected chi connectivity index (χ4v) is 2.56. The molecule has 0 bridgehead atoms. The third-order valence-electron chi connectivity index (χ3n) is 4.02. The first-order valence-corrected chi connectivity index (χ1v) is 7.76. The van der Waals surface area contributed by atoms with E-state index in [0.29, 0.717) is 13.0 Å². The van der Waals surface area contributed by atoms with E-state index in [4.69, 9.17) is 9.40 Å². The molecule has 21 heavy (non-hydrogen) atoms. The molecule has 0 amide bonds. The lowest BCUT2D eigenvalue weighted by molar-refractivity contribution is 0.145. The molecular formula is C16H23N3O2. The van der Waals surface area contributed by atoms with Crippen molar-refractivity contribution in [3.8, 4) is 11.4 Å². The quantitative estimate of drug-likeness (QED) is 0.888. The minimum atomic E-state index is -0.396. The van der Waals surface area contributed by atoms with Crippen LogP contribution in [-0.2, 0) is 13.0 Å². The van der Waals surface area contributed by atoms with Crippen LogP contribution in [0, 0.1) is 19.8 Å². The van der Waals surface area contributed by atoms with Crippen molar-refractivity contribution in [2.75, 3.05) is 0 Å². The summed E-state index contributed by atoms with van der Waals surface area (Å²) in [5, 5.41) is 14.6. The Morgan fingerprint density at radius 1 is 1.43 bits per heavy atom. The van der Waals surface area contributed by atoms with Gasteiger partial charge in [-0.3, -0.25) is 0 Å². The monoisotopic (exact) mass is 289 g/mol. The molecule has 0 saturated heterocycles. The Balaban J connectivity index is 1.95. The zero-order valence-corrected chi connectivity index (χ0v) is 13.0. The normalized spacial score (nSPS) is 16.4. The lowest BCUT2D eigenvalue weighted by Crippen LogP contribution is -2.17. The van der Waals surface area contributed by atoms with Gasteiger partial charge in [0.2, 0.25) is 0 Å². The van der Waals surface area contributed by atoms with Crippen molar-refractivity contribution in [2.24, 2.45) is 5.92 Å². The standard InChI is InChI=1S/C16H23N3O2/c1-4-13(20)9-19-16(14-7-10(2)21-11(14)3)17-15(18-19)8-12-5-6-12/h7,12-13,20H,4-6,8-9H2,1-3H3/t13-/m1/s1. The first-order chi connectivity index (χ1) is 10.1. The average molecular weight is 289 g/mol. The Labute approximate surface area is 125 Å². The van der Waals surface area contributed by atoms with Gasteiger partial charge < -0.3 is 9.52 Å². The van der Waals surface area contributed by atoms with Crippen molar-refractivity contribution in [1.29, 1.82) is 0 Å². The Hall–Kier alpha value is -1.62. The summed E-state index contributed by atoms with van der Waals surface area (Å²) >= 11 is 0. The number of aliphatic hydroxyl groups excluding tert-OH is 1. The maximum Gasteiger partial charge on any atom is 0.162 e. The molecule has 0 aromatic carbocycles. The summed E-state index contributed by atoms with van der Waals surface area (Å²) in [6.07, 6.45) is 3.82. The van der Waals surface area contributed by atoms with Crippen LogP contribution >= 0.6 is 0 Å². The molecule has 0 radical (unpaired) electrons. The van der Waals surface area contributed by atoms with Crippen LogP contribution in [0.25, 0.3) is 11.4 Å². The van der Waals surface area contributed by atoms with Crippen LogP contribution in [-0.4, -0.2) is 26.0 Å². The van der Waals surface area contributed by atoms with E-state index in [1.54, 1.807) is 0 Å². The van der Waals surface area contributed by atoms with Crippen molar-refractivity contribution < 1.29 is 9.52 Å². The van der Waals surface area contributed by atoms with Crippen molar-refractivity contribution in [2.45, 2.75) is 59.1 Å². The summed E-state index contributed by atoms with van der Waals surface area (Å²) in [5.74, 6) is 4.17. The van der Waals surface area contributed by atoms with Crippen molar-refractivity contribution in [1.82, 2.24) is 14.8 Å². The number of aromatic nitrogens is 3. The fourth-order valence-electron chi connectivity index (χ4n) is 2.56. The summed E-state index contributed by atoms with van der Waals surface area (Å²) in [7, 11) is 0. The van der Waals surface area contributed by atoms with Crippen LogP contribution in [0.15, 0.2) is 10.5 Å². The molecule has 3 rings (SSSR count). The number of furan rings is 1. The number of aryl methyl sites for hydroxylation is 2. The van der Waals surface area contributed by atoms with Gasteiger partial charge in [-0.2, -0.15) is 5.10 Å². The van der Waals surface area contributed by atoms with Crippen molar-refractivity contribution >= 4 is 0 Å². The molecule has 0 aliphatic heterocycles. The van der Waals surface area contributed by atoms with E-state index >= 15 is 0 Å². The highest BCUT2D eigenvalue weighted by Crippen LogP contribution is 2.33. The highest BCUT2D eigenvalue weighted by Gasteiger charge is 2.25. The molecule has 1 fully saturated rings. The van der Waals surface area contributed by atoms with Gasteiger partial charge in [0, 0.05) is 6.42 Å². The summed E-state index contributed by atoms with van der Waals surface area (Å²) in [6.45, 7) is 6.33. The van der Waals surface area contributed by atoms with Gasteiger partial charge in [-0.1, -0.05) is 6.92 Å². The topological polar surface area (TPSA) is 64.1 Å². The van der Waals surface area contributed by atoms with Crippen LogP contribution in [0.4, 0.5) is 0 Å². The fraction of sp³-hybridized carbons (Fsp3) is 0.625. The van der Waals surface area contributed by atoms with Crippen LogP contribution in [0.5, 0.6) is 0 Å². The predicted molar refractivity (Wildman–Crippen MR) is 79.9 cm³/mol. The molecule has 1 aliphatic rings. The Kier molecular flexibility index (Phi) is 3.85. The van der Waals surface area contributed by atoms with E-state index in [0.717, 1.165) is 41.1 Å². The van der Waals surface area contributed by atoms with E-state index in [1.807, 2.05) is 31.5 Å². The van der Waals surface area contributed by atoms with E-state index in [-0.39, 0.29) is 0 Å². The van der Waals surface area contributed by atoms with Gasteiger partial charge in [0.25, 0.3) is 0 Å². The molecule has 114 valence electrons. The number of rotatable bonds is 6. The molecule has 1 N–H and O–H groups in total. The van der Waals surface area contributed by atoms with Gasteiger partial charge in [-0.05, 0) is 45.1 Å². The first kappa shape index (κ1) is 14.3. The number of hydrogen-bond donors (Lipinski definition) is 1. The van der Waals surface area contributed by atoms with Gasteiger partial charge in [-0.15, -0.1) is 0 Å². The Morgan fingerprint density at radius 3 is 2.76 bits per heavy atom. The van der Waals surface area contributed by atoms with E-state index in [1.165, 1.54) is 12.8 Å². The number of hydrogen-bond acceptors (Lipinski definition) is 4. The predicted octanol–water partition coefficient (Wildman–Crippen LogP) is 2.88. The van der Waals surface area contributed by atoms with E-state index in [9.17, 15) is 5.11 Å². The van der Waals surface area contributed by atoms with E-state index in [2.05, 4.69) is 5.10 Å². The van der Waals surface area contributed by atoms with Gasteiger partial charge >= 0.3 is 0 Å². The lowest BCUT2D eigenvalue weighted by Gasteiger charge is -2.09. The maximum atomic E-state index is 9.95. The smallest absolute Gasteiger partial charge is 0.162 e. The average Bonchev–Trinajstić information content (AvgIpc) is 3.07. The van der Waals surface area contributed by atoms with Crippen LogP contribution in [0.1, 0.15) is 43.5 Å². The second-order valence-corrected chi connectivity index (χ2v) is 6.07. The molecule has 1 atom stereocenters. The van der Waals surface area contributed by atoms with Crippen molar-refractivity contribution in [3.63, 3.8) is 0 Å². The van der Waals surface area contributed by atoms with Crippen molar-refractivity contribution in [3.05, 3.63) is 23.4 Å². The molecule has 2 aromatic rings. The molecule has 1 saturated carbocycles. The van der Waals surface area contributed by atoms with Crippen LogP contribution in [0.2, 0.25) is 0 Å². The minimum absolute atomic E-state index is 0.396. The zero-order valence-electron chi connectivity index (χ0n) is 13.0. The number of nitrogens with zero attached hydrogens (tertiary/aromatic N) is 3. The van der Waals surface area contributed by atoms with Crippen LogP contribution < -0.4 is 0 Å². The Morgan fingerprint density at radius 2 is 2.19 bits per heavy atom. The van der Waals surface area contributed by atoms with Crippen LogP contribution in [0.3, 0.4) is 0 Å². The molecule has 2 aromatic heterocycles.